The molecule has 2 aromatic rings. The van der Waals surface area contributed by atoms with Gasteiger partial charge in [-0.2, -0.15) is 5.26 Å². The number of fused-ring (bicyclic) bond motifs is 1. The molecule has 1 fully saturated rings. The number of rotatable bonds is 3. The number of aliphatic imine (C=N–C) groups is 1. The average Bonchev–Trinajstić information content (AvgIpc) is 3.22. The van der Waals surface area contributed by atoms with Gasteiger partial charge >= 0.3 is 0 Å². The van der Waals surface area contributed by atoms with E-state index in [4.69, 9.17) is 5.26 Å². The number of guanidine groups is 1. The van der Waals surface area contributed by atoms with Gasteiger partial charge in [-0.15, -0.1) is 0 Å². The van der Waals surface area contributed by atoms with Crippen LogP contribution in [0.2, 0.25) is 0 Å². The van der Waals surface area contributed by atoms with Crippen LogP contribution in [0.25, 0.3) is 17.1 Å². The Hall–Kier alpha value is -3.14. The highest BCUT2D eigenvalue weighted by molar-refractivity contribution is 6.14. The van der Waals surface area contributed by atoms with E-state index in [0.717, 1.165) is 17.5 Å². The van der Waals surface area contributed by atoms with Gasteiger partial charge < -0.3 is 10.3 Å². The molecular formula is C16H14N6O. The van der Waals surface area contributed by atoms with E-state index in [1.165, 1.54) is 19.0 Å². The average molecular weight is 306 g/mol. The Kier molecular flexibility index (Phi) is 3.08. The van der Waals surface area contributed by atoms with Crippen molar-refractivity contribution in [2.24, 2.45) is 10.9 Å². The fourth-order valence-corrected chi connectivity index (χ4v) is 2.47. The molecule has 114 valence electrons. The Morgan fingerprint density at radius 1 is 1.48 bits per heavy atom. The van der Waals surface area contributed by atoms with Gasteiger partial charge in [-0.1, -0.05) is 0 Å². The summed E-state index contributed by atoms with van der Waals surface area (Å²) in [5, 5.41) is 15.7. The second-order valence-corrected chi connectivity index (χ2v) is 5.74. The highest BCUT2D eigenvalue weighted by Crippen LogP contribution is 2.27. The van der Waals surface area contributed by atoms with E-state index < -0.39 is 0 Å². The fourth-order valence-electron chi connectivity index (χ4n) is 2.47. The van der Waals surface area contributed by atoms with Crippen LogP contribution in [-0.2, 0) is 4.79 Å². The van der Waals surface area contributed by atoms with Crippen LogP contribution in [-0.4, -0.2) is 28.4 Å². The van der Waals surface area contributed by atoms with E-state index in [9.17, 15) is 4.79 Å². The molecule has 0 spiro atoms. The van der Waals surface area contributed by atoms with Crippen molar-refractivity contribution in [2.45, 2.75) is 12.8 Å². The SMILES string of the molecule is N#Cc1cnc2[nH]cc(/C=C3\N=C(NCC4CC4)NC3=O)c2c1. The molecule has 4 rings (SSSR count). The minimum atomic E-state index is -0.234. The third-order valence-electron chi connectivity index (χ3n) is 3.94. The molecule has 3 heterocycles. The molecule has 1 aliphatic carbocycles. The quantitative estimate of drug-likeness (QED) is 0.742. The zero-order valence-electron chi connectivity index (χ0n) is 12.3. The molecule has 7 nitrogen and oxygen atoms in total. The zero-order chi connectivity index (χ0) is 15.8. The predicted molar refractivity (Wildman–Crippen MR) is 85.1 cm³/mol. The summed E-state index contributed by atoms with van der Waals surface area (Å²) in [6.45, 7) is 0.842. The lowest BCUT2D eigenvalue weighted by Gasteiger charge is -2.02. The summed E-state index contributed by atoms with van der Waals surface area (Å²) in [6.07, 6.45) is 7.43. The van der Waals surface area contributed by atoms with Crippen molar-refractivity contribution in [3.8, 4) is 6.07 Å². The van der Waals surface area contributed by atoms with E-state index in [0.29, 0.717) is 28.8 Å². The number of carbonyl (C=O) groups excluding carboxylic acids is 1. The first-order valence-corrected chi connectivity index (χ1v) is 7.46. The van der Waals surface area contributed by atoms with Crippen molar-refractivity contribution >= 4 is 29.0 Å². The molecule has 0 radical (unpaired) electrons. The van der Waals surface area contributed by atoms with E-state index in [2.05, 4.69) is 31.7 Å². The van der Waals surface area contributed by atoms with Crippen LogP contribution >= 0.6 is 0 Å². The van der Waals surface area contributed by atoms with Crippen molar-refractivity contribution in [2.75, 3.05) is 6.54 Å². The van der Waals surface area contributed by atoms with Crippen LogP contribution in [0.5, 0.6) is 0 Å². The molecule has 0 bridgehead atoms. The number of aromatic nitrogens is 2. The lowest BCUT2D eigenvalue weighted by Crippen LogP contribution is -2.37. The predicted octanol–water partition coefficient (Wildman–Crippen LogP) is 1.26. The van der Waals surface area contributed by atoms with Crippen molar-refractivity contribution in [3.63, 3.8) is 0 Å². The Balaban J connectivity index is 1.63. The second kappa shape index (κ2) is 5.25. The number of nitrogens with one attached hydrogen (secondary N) is 3. The monoisotopic (exact) mass is 306 g/mol. The van der Waals surface area contributed by atoms with Crippen LogP contribution in [0.4, 0.5) is 0 Å². The maximum atomic E-state index is 12.0. The van der Waals surface area contributed by atoms with Gasteiger partial charge in [-0.05, 0) is 30.9 Å². The topological polar surface area (TPSA) is 106 Å². The first-order chi connectivity index (χ1) is 11.2. The zero-order valence-corrected chi connectivity index (χ0v) is 12.3. The first kappa shape index (κ1) is 13.5. The van der Waals surface area contributed by atoms with Crippen molar-refractivity contribution < 1.29 is 4.79 Å². The summed E-state index contributed by atoms with van der Waals surface area (Å²) in [5.74, 6) is 0.970. The van der Waals surface area contributed by atoms with Gasteiger partial charge in [0.05, 0.1) is 5.56 Å². The highest BCUT2D eigenvalue weighted by atomic mass is 16.2. The molecule has 2 aliphatic rings. The molecular weight excluding hydrogens is 292 g/mol. The van der Waals surface area contributed by atoms with Crippen molar-refractivity contribution in [1.82, 2.24) is 20.6 Å². The smallest absolute Gasteiger partial charge is 0.276 e. The summed E-state index contributed by atoms with van der Waals surface area (Å²) in [4.78, 5) is 23.5. The molecule has 1 aliphatic heterocycles. The number of carbonyl (C=O) groups is 1. The number of nitriles is 1. The molecule has 0 atom stereocenters. The van der Waals surface area contributed by atoms with Crippen LogP contribution in [0.1, 0.15) is 24.0 Å². The summed E-state index contributed by atoms with van der Waals surface area (Å²) in [5.41, 5.74) is 2.27. The molecule has 0 aromatic carbocycles. The van der Waals surface area contributed by atoms with Gasteiger partial charge in [0.15, 0.2) is 0 Å². The minimum Gasteiger partial charge on any atom is -0.355 e. The first-order valence-electron chi connectivity index (χ1n) is 7.46. The number of aromatic amines is 1. The van der Waals surface area contributed by atoms with E-state index in [1.54, 1.807) is 18.3 Å². The Labute approximate surface area is 132 Å². The molecule has 3 N–H and O–H groups in total. The summed E-state index contributed by atoms with van der Waals surface area (Å²) in [7, 11) is 0. The summed E-state index contributed by atoms with van der Waals surface area (Å²) < 4.78 is 0. The number of H-pyrrole nitrogens is 1. The molecule has 2 aromatic heterocycles. The Morgan fingerprint density at radius 2 is 2.35 bits per heavy atom. The van der Waals surface area contributed by atoms with Gasteiger partial charge in [0.25, 0.3) is 5.91 Å². The van der Waals surface area contributed by atoms with Crippen LogP contribution in [0.15, 0.2) is 29.1 Å². The van der Waals surface area contributed by atoms with Gasteiger partial charge in [-0.25, -0.2) is 9.98 Å². The van der Waals surface area contributed by atoms with Gasteiger partial charge in [0, 0.05) is 29.9 Å². The van der Waals surface area contributed by atoms with E-state index >= 15 is 0 Å². The normalized spacial score (nSPS) is 18.8. The number of amides is 1. The third kappa shape index (κ3) is 2.66. The second-order valence-electron chi connectivity index (χ2n) is 5.74. The number of hydrogen-bond donors (Lipinski definition) is 3. The molecule has 7 heteroatoms. The number of pyridine rings is 1. The van der Waals surface area contributed by atoms with Crippen LogP contribution in [0, 0.1) is 17.2 Å². The lowest BCUT2D eigenvalue weighted by atomic mass is 10.1. The summed E-state index contributed by atoms with van der Waals surface area (Å²) in [6, 6.07) is 3.81. The van der Waals surface area contributed by atoms with E-state index in [-0.39, 0.29) is 5.91 Å². The third-order valence-corrected chi connectivity index (χ3v) is 3.94. The molecule has 1 saturated carbocycles. The van der Waals surface area contributed by atoms with Crippen LogP contribution < -0.4 is 10.6 Å². The maximum absolute atomic E-state index is 12.0. The van der Waals surface area contributed by atoms with Crippen molar-refractivity contribution in [3.05, 3.63) is 35.3 Å². The van der Waals surface area contributed by atoms with Gasteiger partial charge in [0.2, 0.25) is 5.96 Å². The highest BCUT2D eigenvalue weighted by Gasteiger charge is 2.24. The molecule has 23 heavy (non-hydrogen) atoms. The largest absolute Gasteiger partial charge is 0.355 e. The molecule has 0 unspecified atom stereocenters. The number of nitrogens with zero attached hydrogens (tertiary/aromatic N) is 3. The van der Waals surface area contributed by atoms with Crippen LogP contribution in [0.3, 0.4) is 0 Å². The fraction of sp³-hybridized carbons (Fsp3) is 0.250. The Bertz CT molecular complexity index is 897. The van der Waals surface area contributed by atoms with Gasteiger partial charge in [-0.3, -0.25) is 10.1 Å². The van der Waals surface area contributed by atoms with E-state index in [1.807, 2.05) is 0 Å². The lowest BCUT2D eigenvalue weighted by molar-refractivity contribution is -0.115. The minimum absolute atomic E-state index is 0.234. The van der Waals surface area contributed by atoms with Gasteiger partial charge in [0.1, 0.15) is 17.4 Å². The molecule has 1 amide bonds. The standard InChI is InChI=1S/C16H14N6O/c17-5-10-3-12-11(8-19-14(12)18-7-10)4-13-15(23)22-16(21-13)20-6-9-1-2-9/h3-4,7-9H,1-2,6H2,(H,18,19)(H2,20,21,22,23)/b13-4-. The number of hydrogen-bond acceptors (Lipinski definition) is 5. The molecule has 0 saturated heterocycles. The Morgan fingerprint density at radius 3 is 3.13 bits per heavy atom. The van der Waals surface area contributed by atoms with Crippen molar-refractivity contribution in [1.29, 1.82) is 5.26 Å². The summed E-state index contributed by atoms with van der Waals surface area (Å²) >= 11 is 0. The maximum Gasteiger partial charge on any atom is 0.276 e.